The Balaban J connectivity index is 3.06. The number of hydrogen-bond donors (Lipinski definition) is 1. The molecule has 0 aliphatic heterocycles. The number of halogens is 1. The average molecular weight is 242 g/mol. The van der Waals surface area contributed by atoms with Gasteiger partial charge in [0, 0.05) is 11.3 Å². The molecule has 0 aromatic heterocycles. The van der Waals surface area contributed by atoms with Gasteiger partial charge in [-0.2, -0.15) is 0 Å². The van der Waals surface area contributed by atoms with Crippen molar-refractivity contribution in [3.63, 3.8) is 0 Å². The fraction of sp³-hybridized carbons (Fsp3) is 0.300. The summed E-state index contributed by atoms with van der Waals surface area (Å²) in [6.07, 6.45) is 0.856. The molecule has 1 aromatic rings. The lowest BCUT2D eigenvalue weighted by Crippen LogP contribution is -2.02. The van der Waals surface area contributed by atoms with Gasteiger partial charge in [0.15, 0.2) is 5.78 Å². The third-order valence-electron chi connectivity index (χ3n) is 1.97. The van der Waals surface area contributed by atoms with Crippen molar-refractivity contribution in [3.05, 3.63) is 29.3 Å². The fourth-order valence-electron chi connectivity index (χ4n) is 1.16. The van der Waals surface area contributed by atoms with Crippen LogP contribution in [-0.2, 0) is 6.42 Å². The van der Waals surface area contributed by atoms with E-state index in [2.05, 4.69) is 15.9 Å². The Labute approximate surface area is 86.3 Å². The van der Waals surface area contributed by atoms with E-state index in [0.717, 1.165) is 23.2 Å². The Morgan fingerprint density at radius 2 is 2.23 bits per heavy atom. The monoisotopic (exact) mass is 241 g/mol. The van der Waals surface area contributed by atoms with Crippen LogP contribution in [0.1, 0.15) is 22.8 Å². The average Bonchev–Trinajstić information content (AvgIpc) is 2.17. The number of benzene rings is 1. The van der Waals surface area contributed by atoms with E-state index in [9.17, 15) is 4.79 Å². The maximum absolute atomic E-state index is 11.3. The molecule has 70 valence electrons. The SMILES string of the molecule is CCc1cc(C(=O)CBr)ccc1N. The lowest BCUT2D eigenvalue weighted by atomic mass is 10.0. The first-order valence-electron chi connectivity index (χ1n) is 4.16. The number of carbonyl (C=O) groups excluding carboxylic acids is 1. The quantitative estimate of drug-likeness (QED) is 0.502. The maximum Gasteiger partial charge on any atom is 0.173 e. The molecule has 1 aromatic carbocycles. The lowest BCUT2D eigenvalue weighted by Gasteiger charge is -2.04. The molecule has 0 spiro atoms. The van der Waals surface area contributed by atoms with E-state index in [4.69, 9.17) is 5.73 Å². The summed E-state index contributed by atoms with van der Waals surface area (Å²) < 4.78 is 0. The minimum atomic E-state index is 0.0923. The standard InChI is InChI=1S/C10H12BrNO/c1-2-7-5-8(10(13)6-11)3-4-9(7)12/h3-5H,2,6,12H2,1H3. The summed E-state index contributed by atoms with van der Waals surface area (Å²) in [5.41, 5.74) is 8.24. The topological polar surface area (TPSA) is 43.1 Å². The van der Waals surface area contributed by atoms with Crippen LogP contribution in [0.5, 0.6) is 0 Å². The largest absolute Gasteiger partial charge is 0.399 e. The van der Waals surface area contributed by atoms with Crippen molar-refractivity contribution in [2.24, 2.45) is 0 Å². The molecule has 0 bridgehead atoms. The van der Waals surface area contributed by atoms with E-state index in [1.54, 1.807) is 12.1 Å². The van der Waals surface area contributed by atoms with Gasteiger partial charge >= 0.3 is 0 Å². The molecular formula is C10H12BrNO. The fourth-order valence-corrected chi connectivity index (χ4v) is 1.49. The zero-order chi connectivity index (χ0) is 9.84. The predicted octanol–water partition coefficient (Wildman–Crippen LogP) is 2.41. The maximum atomic E-state index is 11.3. The molecule has 2 N–H and O–H groups in total. The molecule has 0 atom stereocenters. The molecule has 3 heteroatoms. The molecule has 0 saturated heterocycles. The molecular weight excluding hydrogens is 230 g/mol. The minimum absolute atomic E-state index is 0.0923. The predicted molar refractivity (Wildman–Crippen MR) is 58.4 cm³/mol. The second-order valence-corrected chi connectivity index (χ2v) is 3.38. The van der Waals surface area contributed by atoms with Gasteiger partial charge in [0.2, 0.25) is 0 Å². The second-order valence-electron chi connectivity index (χ2n) is 2.82. The Kier molecular flexibility index (Phi) is 3.48. The zero-order valence-electron chi connectivity index (χ0n) is 7.51. The van der Waals surface area contributed by atoms with E-state index in [1.807, 2.05) is 13.0 Å². The molecule has 1 rings (SSSR count). The highest BCUT2D eigenvalue weighted by atomic mass is 79.9. The van der Waals surface area contributed by atoms with Crippen LogP contribution in [0.2, 0.25) is 0 Å². The molecule has 0 unspecified atom stereocenters. The van der Waals surface area contributed by atoms with Crippen LogP contribution in [0.3, 0.4) is 0 Å². The summed E-state index contributed by atoms with van der Waals surface area (Å²) in [5.74, 6) is 0.0923. The number of ketones is 1. The number of anilines is 1. The molecule has 0 heterocycles. The molecule has 0 radical (unpaired) electrons. The molecule has 13 heavy (non-hydrogen) atoms. The van der Waals surface area contributed by atoms with E-state index in [-0.39, 0.29) is 5.78 Å². The highest BCUT2D eigenvalue weighted by Gasteiger charge is 2.05. The zero-order valence-corrected chi connectivity index (χ0v) is 9.10. The Hall–Kier alpha value is -0.830. The van der Waals surface area contributed by atoms with E-state index >= 15 is 0 Å². The normalized spacial score (nSPS) is 10.0. The number of carbonyl (C=O) groups is 1. The Morgan fingerprint density at radius 3 is 2.77 bits per heavy atom. The number of alkyl halides is 1. The van der Waals surface area contributed by atoms with Crippen LogP contribution < -0.4 is 5.73 Å². The highest BCUT2D eigenvalue weighted by molar-refractivity contribution is 9.09. The van der Waals surface area contributed by atoms with E-state index < -0.39 is 0 Å². The number of Topliss-reactive ketones (excluding diaryl/α,β-unsaturated/α-hetero) is 1. The summed E-state index contributed by atoms with van der Waals surface area (Å²) in [6, 6.07) is 5.41. The third kappa shape index (κ3) is 2.31. The number of nitrogens with two attached hydrogens (primary N) is 1. The number of aryl methyl sites for hydroxylation is 1. The van der Waals surface area contributed by atoms with Gasteiger partial charge in [-0.1, -0.05) is 22.9 Å². The van der Waals surface area contributed by atoms with Gasteiger partial charge in [0.05, 0.1) is 5.33 Å². The number of nitrogen functional groups attached to an aromatic ring is 1. The van der Waals surface area contributed by atoms with Crippen LogP contribution in [-0.4, -0.2) is 11.1 Å². The van der Waals surface area contributed by atoms with Gasteiger partial charge in [0.25, 0.3) is 0 Å². The highest BCUT2D eigenvalue weighted by Crippen LogP contribution is 2.15. The van der Waals surface area contributed by atoms with Gasteiger partial charge in [-0.05, 0) is 30.2 Å². The van der Waals surface area contributed by atoms with Crippen molar-refractivity contribution in [1.29, 1.82) is 0 Å². The van der Waals surface area contributed by atoms with Gasteiger partial charge in [-0.25, -0.2) is 0 Å². The van der Waals surface area contributed by atoms with Gasteiger partial charge < -0.3 is 5.73 Å². The van der Waals surface area contributed by atoms with Gasteiger partial charge in [-0.3, -0.25) is 4.79 Å². The van der Waals surface area contributed by atoms with Crippen LogP contribution in [0.25, 0.3) is 0 Å². The van der Waals surface area contributed by atoms with Crippen LogP contribution >= 0.6 is 15.9 Å². The van der Waals surface area contributed by atoms with Crippen LogP contribution in [0, 0.1) is 0 Å². The van der Waals surface area contributed by atoms with Crippen molar-refractivity contribution in [1.82, 2.24) is 0 Å². The van der Waals surface area contributed by atoms with E-state index in [0.29, 0.717) is 5.33 Å². The second kappa shape index (κ2) is 4.42. The molecule has 0 aliphatic rings. The van der Waals surface area contributed by atoms with Crippen molar-refractivity contribution in [3.8, 4) is 0 Å². The molecule has 0 amide bonds. The molecule has 0 aliphatic carbocycles. The summed E-state index contributed by atoms with van der Waals surface area (Å²) >= 11 is 3.14. The van der Waals surface area contributed by atoms with Crippen molar-refractivity contribution in [2.45, 2.75) is 13.3 Å². The summed E-state index contributed by atoms with van der Waals surface area (Å²) in [4.78, 5) is 11.3. The van der Waals surface area contributed by atoms with Gasteiger partial charge in [0.1, 0.15) is 0 Å². The summed E-state index contributed by atoms with van der Waals surface area (Å²) in [6.45, 7) is 2.02. The third-order valence-corrected chi connectivity index (χ3v) is 2.48. The van der Waals surface area contributed by atoms with Crippen LogP contribution in [0.4, 0.5) is 5.69 Å². The van der Waals surface area contributed by atoms with E-state index in [1.165, 1.54) is 0 Å². The molecule has 2 nitrogen and oxygen atoms in total. The van der Waals surface area contributed by atoms with Crippen molar-refractivity contribution >= 4 is 27.4 Å². The minimum Gasteiger partial charge on any atom is -0.399 e. The van der Waals surface area contributed by atoms with Crippen molar-refractivity contribution in [2.75, 3.05) is 11.1 Å². The number of rotatable bonds is 3. The summed E-state index contributed by atoms with van der Waals surface area (Å²) in [7, 11) is 0. The smallest absolute Gasteiger partial charge is 0.173 e. The first-order valence-corrected chi connectivity index (χ1v) is 5.28. The first kappa shape index (κ1) is 10.3. The van der Waals surface area contributed by atoms with Crippen molar-refractivity contribution < 1.29 is 4.79 Å². The lowest BCUT2D eigenvalue weighted by molar-refractivity contribution is 0.102. The first-order chi connectivity index (χ1) is 6.19. The number of hydrogen-bond acceptors (Lipinski definition) is 2. The Morgan fingerprint density at radius 1 is 1.54 bits per heavy atom. The van der Waals surface area contributed by atoms with Gasteiger partial charge in [-0.15, -0.1) is 0 Å². The molecule has 0 fully saturated rings. The summed E-state index contributed by atoms with van der Waals surface area (Å²) in [5, 5.41) is 0.361. The molecule has 0 saturated carbocycles. The Bertz CT molecular complexity index is 323. The van der Waals surface area contributed by atoms with Crippen LogP contribution in [0.15, 0.2) is 18.2 Å².